The lowest BCUT2D eigenvalue weighted by Crippen LogP contribution is -2.08. The molecule has 1 fully saturated rings. The molecular weight excluding hydrogens is 228 g/mol. The van der Waals surface area contributed by atoms with Gasteiger partial charge in [0.1, 0.15) is 5.75 Å². The van der Waals surface area contributed by atoms with E-state index in [1.54, 1.807) is 0 Å². The second kappa shape index (κ2) is 4.30. The van der Waals surface area contributed by atoms with Gasteiger partial charge >= 0.3 is 5.97 Å². The predicted molar refractivity (Wildman–Crippen MR) is 69.9 cm³/mol. The van der Waals surface area contributed by atoms with Crippen molar-refractivity contribution in [2.75, 3.05) is 0 Å². The van der Waals surface area contributed by atoms with Crippen molar-refractivity contribution in [1.29, 1.82) is 0 Å². The molecule has 0 bridgehead atoms. The summed E-state index contributed by atoms with van der Waals surface area (Å²) in [6.45, 7) is 7.96. The molecule has 3 heteroatoms. The first-order chi connectivity index (χ1) is 8.35. The first-order valence-corrected chi connectivity index (χ1v) is 6.34. The summed E-state index contributed by atoms with van der Waals surface area (Å²) in [6, 6.07) is 7.76. The molecule has 1 saturated carbocycles. The van der Waals surface area contributed by atoms with Crippen molar-refractivity contribution in [3.05, 3.63) is 29.8 Å². The zero-order chi connectivity index (χ0) is 13.5. The summed E-state index contributed by atoms with van der Waals surface area (Å²) in [7, 11) is 0. The smallest absolute Gasteiger partial charge is 0.307 e. The number of hydrogen-bond acceptors (Lipinski definition) is 2. The lowest BCUT2D eigenvalue weighted by atomic mass is 10.0. The highest BCUT2D eigenvalue weighted by Crippen LogP contribution is 2.65. The second-order valence-corrected chi connectivity index (χ2v) is 5.82. The summed E-state index contributed by atoms with van der Waals surface area (Å²) in [6.07, 6.45) is 0.0938. The van der Waals surface area contributed by atoms with Crippen LogP contribution in [0.5, 0.6) is 5.75 Å². The number of carboxylic acids is 1. The van der Waals surface area contributed by atoms with Gasteiger partial charge in [-0.2, -0.15) is 0 Å². The standard InChI is InChI=1S/C15H20O3/c1-9(2)18-11-8-6-5-7-10(11)12-13(14(16)17)15(12,3)4/h5-9,12-13H,1-4H3,(H,16,17). The van der Waals surface area contributed by atoms with Crippen molar-refractivity contribution in [1.82, 2.24) is 0 Å². The van der Waals surface area contributed by atoms with Crippen LogP contribution in [0.4, 0.5) is 0 Å². The summed E-state index contributed by atoms with van der Waals surface area (Å²) < 4.78 is 5.78. The number of hydrogen-bond donors (Lipinski definition) is 1. The molecule has 2 atom stereocenters. The first-order valence-electron chi connectivity index (χ1n) is 6.34. The molecule has 3 nitrogen and oxygen atoms in total. The van der Waals surface area contributed by atoms with E-state index in [0.29, 0.717) is 0 Å². The molecule has 0 saturated heterocycles. The first kappa shape index (κ1) is 12.9. The molecule has 1 aliphatic rings. The normalized spacial score (nSPS) is 24.9. The minimum Gasteiger partial charge on any atom is -0.491 e. The van der Waals surface area contributed by atoms with Gasteiger partial charge in [0, 0.05) is 5.92 Å². The fourth-order valence-corrected chi connectivity index (χ4v) is 2.78. The topological polar surface area (TPSA) is 46.5 Å². The number of para-hydroxylation sites is 1. The SMILES string of the molecule is CC(C)Oc1ccccc1C1C(C(=O)O)C1(C)C. The number of benzene rings is 1. The maximum absolute atomic E-state index is 11.3. The minimum absolute atomic E-state index is 0.0462. The summed E-state index contributed by atoms with van der Waals surface area (Å²) in [5.74, 6) is -0.168. The quantitative estimate of drug-likeness (QED) is 0.889. The van der Waals surface area contributed by atoms with Crippen LogP contribution in [-0.4, -0.2) is 17.2 Å². The summed E-state index contributed by atoms with van der Waals surface area (Å²) >= 11 is 0. The van der Waals surface area contributed by atoms with Crippen molar-refractivity contribution >= 4 is 5.97 Å². The van der Waals surface area contributed by atoms with E-state index in [4.69, 9.17) is 4.74 Å². The molecule has 0 radical (unpaired) electrons. The van der Waals surface area contributed by atoms with E-state index >= 15 is 0 Å². The van der Waals surface area contributed by atoms with E-state index in [9.17, 15) is 9.90 Å². The van der Waals surface area contributed by atoms with Crippen LogP contribution in [0.3, 0.4) is 0 Å². The maximum atomic E-state index is 11.3. The van der Waals surface area contributed by atoms with Crippen LogP contribution in [-0.2, 0) is 4.79 Å². The highest BCUT2D eigenvalue weighted by molar-refractivity contribution is 5.78. The van der Waals surface area contributed by atoms with Crippen molar-refractivity contribution < 1.29 is 14.6 Å². The fraction of sp³-hybridized carbons (Fsp3) is 0.533. The van der Waals surface area contributed by atoms with Crippen molar-refractivity contribution in [2.45, 2.75) is 39.7 Å². The Bertz CT molecular complexity index is 463. The molecule has 2 unspecified atom stereocenters. The zero-order valence-corrected chi connectivity index (χ0v) is 11.3. The van der Waals surface area contributed by atoms with Crippen LogP contribution in [0.15, 0.2) is 24.3 Å². The molecule has 98 valence electrons. The average Bonchev–Trinajstić information content (AvgIpc) is 2.81. The van der Waals surface area contributed by atoms with E-state index in [-0.39, 0.29) is 23.4 Å². The van der Waals surface area contributed by atoms with Crippen LogP contribution in [0.25, 0.3) is 0 Å². The Balaban J connectivity index is 2.33. The predicted octanol–water partition coefficient (Wildman–Crippen LogP) is 3.30. The molecule has 0 aliphatic heterocycles. The molecular formula is C15H20O3. The molecule has 0 aromatic heterocycles. The van der Waals surface area contributed by atoms with Gasteiger partial charge in [-0.1, -0.05) is 32.0 Å². The highest BCUT2D eigenvalue weighted by atomic mass is 16.5. The Hall–Kier alpha value is -1.51. The number of rotatable bonds is 4. The van der Waals surface area contributed by atoms with Gasteiger partial charge in [-0.3, -0.25) is 4.79 Å². The van der Waals surface area contributed by atoms with Gasteiger partial charge in [-0.05, 0) is 30.9 Å². The Morgan fingerprint density at radius 3 is 2.44 bits per heavy atom. The lowest BCUT2D eigenvalue weighted by molar-refractivity contribution is -0.139. The summed E-state index contributed by atoms with van der Waals surface area (Å²) in [5, 5.41) is 9.25. The Morgan fingerprint density at radius 1 is 1.33 bits per heavy atom. The Kier molecular flexibility index (Phi) is 3.09. The largest absolute Gasteiger partial charge is 0.491 e. The van der Waals surface area contributed by atoms with Gasteiger partial charge in [0.05, 0.1) is 12.0 Å². The van der Waals surface area contributed by atoms with Crippen molar-refractivity contribution in [3.63, 3.8) is 0 Å². The van der Waals surface area contributed by atoms with Gasteiger partial charge in [0.25, 0.3) is 0 Å². The second-order valence-electron chi connectivity index (χ2n) is 5.82. The van der Waals surface area contributed by atoms with Gasteiger partial charge in [-0.25, -0.2) is 0 Å². The number of carboxylic acid groups (broad SMARTS) is 1. The molecule has 0 heterocycles. The van der Waals surface area contributed by atoms with Gasteiger partial charge in [-0.15, -0.1) is 0 Å². The number of ether oxygens (including phenoxy) is 1. The van der Waals surface area contributed by atoms with Crippen LogP contribution < -0.4 is 4.74 Å². The minimum atomic E-state index is -0.718. The molecule has 18 heavy (non-hydrogen) atoms. The molecule has 0 amide bonds. The molecule has 1 aromatic rings. The number of aliphatic carboxylic acids is 1. The Morgan fingerprint density at radius 2 is 1.94 bits per heavy atom. The van der Waals surface area contributed by atoms with Gasteiger partial charge < -0.3 is 9.84 Å². The molecule has 1 aliphatic carbocycles. The Labute approximate surface area is 108 Å². The van der Waals surface area contributed by atoms with Gasteiger partial charge in [0.15, 0.2) is 0 Å². The summed E-state index contributed by atoms with van der Waals surface area (Å²) in [5.41, 5.74) is 0.825. The van der Waals surface area contributed by atoms with Crippen LogP contribution in [0, 0.1) is 11.3 Å². The third-order valence-electron chi connectivity index (χ3n) is 3.71. The summed E-state index contributed by atoms with van der Waals surface area (Å²) in [4.78, 5) is 11.3. The molecule has 1 aromatic carbocycles. The van der Waals surface area contributed by atoms with E-state index < -0.39 is 5.97 Å². The van der Waals surface area contributed by atoms with Crippen LogP contribution >= 0.6 is 0 Å². The third kappa shape index (κ3) is 2.09. The van der Waals surface area contributed by atoms with Gasteiger partial charge in [0.2, 0.25) is 0 Å². The average molecular weight is 248 g/mol. The van der Waals surface area contributed by atoms with Crippen LogP contribution in [0.2, 0.25) is 0 Å². The zero-order valence-electron chi connectivity index (χ0n) is 11.3. The maximum Gasteiger partial charge on any atom is 0.307 e. The fourth-order valence-electron chi connectivity index (χ4n) is 2.78. The third-order valence-corrected chi connectivity index (χ3v) is 3.71. The highest BCUT2D eigenvalue weighted by Gasteiger charge is 2.63. The molecule has 0 spiro atoms. The van der Waals surface area contributed by atoms with Crippen LogP contribution in [0.1, 0.15) is 39.2 Å². The molecule has 1 N–H and O–H groups in total. The molecule has 2 rings (SSSR count). The van der Waals surface area contributed by atoms with E-state index in [1.807, 2.05) is 52.0 Å². The van der Waals surface area contributed by atoms with Crippen molar-refractivity contribution in [2.24, 2.45) is 11.3 Å². The lowest BCUT2D eigenvalue weighted by Gasteiger charge is -2.14. The monoisotopic (exact) mass is 248 g/mol. The van der Waals surface area contributed by atoms with E-state index in [1.165, 1.54) is 0 Å². The van der Waals surface area contributed by atoms with Crippen molar-refractivity contribution in [3.8, 4) is 5.75 Å². The number of carbonyl (C=O) groups is 1. The van der Waals surface area contributed by atoms with E-state index in [0.717, 1.165) is 11.3 Å². The van der Waals surface area contributed by atoms with E-state index in [2.05, 4.69) is 0 Å².